The summed E-state index contributed by atoms with van der Waals surface area (Å²) in [5.41, 5.74) is 5.51. The minimum absolute atomic E-state index is 0.246. The zero-order valence-electron chi connectivity index (χ0n) is 18.5. The molecule has 0 bridgehead atoms. The van der Waals surface area contributed by atoms with E-state index in [0.29, 0.717) is 22.7 Å². The number of rotatable bonds is 6. The van der Waals surface area contributed by atoms with Crippen molar-refractivity contribution < 1.29 is 0 Å². The summed E-state index contributed by atoms with van der Waals surface area (Å²) in [5, 5.41) is 4.10. The van der Waals surface area contributed by atoms with Crippen molar-refractivity contribution in [2.45, 2.75) is 51.5 Å². The van der Waals surface area contributed by atoms with E-state index < -0.39 is 0 Å². The van der Waals surface area contributed by atoms with Crippen molar-refractivity contribution >= 4 is 29.5 Å². The van der Waals surface area contributed by atoms with Gasteiger partial charge in [0.2, 0.25) is 0 Å². The quantitative estimate of drug-likeness (QED) is 0.626. The molecule has 0 radical (unpaired) electrons. The largest absolute Gasteiger partial charge is 0.382 e. The van der Waals surface area contributed by atoms with Crippen LogP contribution in [0, 0.1) is 6.92 Å². The van der Waals surface area contributed by atoms with Gasteiger partial charge in [0, 0.05) is 18.3 Å². The maximum Gasteiger partial charge on any atom is 0.279 e. The lowest BCUT2D eigenvalue weighted by Crippen LogP contribution is -2.42. The topological polar surface area (TPSA) is 73.4 Å². The fourth-order valence-electron chi connectivity index (χ4n) is 4.77. The molecule has 2 aliphatic rings. The molecule has 0 amide bonds. The number of hydrogen-bond donors (Lipinski definition) is 2. The molecule has 1 aromatic heterocycles. The van der Waals surface area contributed by atoms with Gasteiger partial charge in [-0.3, -0.25) is 4.79 Å². The van der Waals surface area contributed by atoms with Crippen LogP contribution in [0.3, 0.4) is 0 Å². The normalized spacial score (nSPS) is 15.2. The molecule has 5 rings (SSSR count). The van der Waals surface area contributed by atoms with Crippen LogP contribution in [0.25, 0.3) is 6.58 Å². The predicted octanol–water partition coefficient (Wildman–Crippen LogP) is 3.88. The van der Waals surface area contributed by atoms with Crippen molar-refractivity contribution in [2.24, 2.45) is 4.99 Å². The van der Waals surface area contributed by atoms with Crippen LogP contribution in [0.2, 0.25) is 0 Å². The third-order valence-corrected chi connectivity index (χ3v) is 6.43. The van der Waals surface area contributed by atoms with Gasteiger partial charge >= 0.3 is 0 Å². The van der Waals surface area contributed by atoms with Gasteiger partial charge in [-0.25, -0.2) is 9.98 Å². The lowest BCUT2D eigenvalue weighted by atomic mass is 10.1. The molecule has 32 heavy (non-hydrogen) atoms. The molecule has 0 spiro atoms. The number of nitrogens with zero attached hydrogens (tertiary/aromatic N) is 3. The highest BCUT2D eigenvalue weighted by molar-refractivity contribution is 5.80. The van der Waals surface area contributed by atoms with Crippen molar-refractivity contribution in [1.29, 1.82) is 0 Å². The fourth-order valence-corrected chi connectivity index (χ4v) is 4.77. The Hall–Kier alpha value is -3.41. The average molecular weight is 428 g/mol. The standard InChI is InChI=1S/C26H29N5O/c1-17-15-22-23(16-21(17)29-20-12-6-7-13-20)31(14-8-11-19-9-4-3-5-10-19)25-24(30-22)26(32)28-18(2)27-25/h3-5,9-10,15-16,20,29H,2,6-8,11-14H2,1H3,(H,28,32). The fraction of sp³-hybridized carbons (Fsp3) is 0.346. The lowest BCUT2D eigenvalue weighted by Gasteiger charge is -2.29. The third-order valence-electron chi connectivity index (χ3n) is 6.43. The molecule has 1 saturated carbocycles. The van der Waals surface area contributed by atoms with Crippen LogP contribution in [0.1, 0.15) is 43.2 Å². The minimum atomic E-state index is -0.246. The van der Waals surface area contributed by atoms with Crippen molar-refractivity contribution in [3.63, 3.8) is 0 Å². The Labute approximate surface area is 187 Å². The van der Waals surface area contributed by atoms with E-state index in [1.807, 2.05) is 6.07 Å². The number of aromatic amines is 1. The molecule has 0 saturated heterocycles. The van der Waals surface area contributed by atoms with Crippen molar-refractivity contribution in [3.8, 4) is 0 Å². The SMILES string of the molecule is C=c1nc2c(c(=O)[nH]1)=Nc1cc(C)c(NC3CCCC3)cc1N2CCCc1ccccc1. The Morgan fingerprint density at radius 3 is 2.75 bits per heavy atom. The molecule has 2 N–H and O–H groups in total. The van der Waals surface area contributed by atoms with E-state index in [1.54, 1.807) is 0 Å². The van der Waals surface area contributed by atoms with Crippen LogP contribution in [-0.4, -0.2) is 22.6 Å². The van der Waals surface area contributed by atoms with Gasteiger partial charge in [0.1, 0.15) is 5.48 Å². The molecular weight excluding hydrogens is 398 g/mol. The Kier molecular flexibility index (Phi) is 5.52. The zero-order valence-corrected chi connectivity index (χ0v) is 18.5. The lowest BCUT2D eigenvalue weighted by molar-refractivity contribution is 0.753. The highest BCUT2D eigenvalue weighted by Gasteiger charge is 2.24. The van der Waals surface area contributed by atoms with Crippen LogP contribution in [0.15, 0.2) is 52.3 Å². The number of nitrogens with one attached hydrogen (secondary N) is 2. The molecule has 6 nitrogen and oxygen atoms in total. The summed E-state index contributed by atoms with van der Waals surface area (Å²) >= 11 is 0. The van der Waals surface area contributed by atoms with E-state index in [9.17, 15) is 4.79 Å². The van der Waals surface area contributed by atoms with Crippen LogP contribution in [0.4, 0.5) is 22.9 Å². The smallest absolute Gasteiger partial charge is 0.279 e. The third kappa shape index (κ3) is 4.05. The van der Waals surface area contributed by atoms with E-state index >= 15 is 0 Å². The molecule has 6 heteroatoms. The first-order chi connectivity index (χ1) is 15.6. The summed E-state index contributed by atoms with van der Waals surface area (Å²) in [7, 11) is 0. The second-order valence-electron chi connectivity index (χ2n) is 8.82. The van der Waals surface area contributed by atoms with Crippen molar-refractivity contribution in [3.05, 3.63) is 74.8 Å². The van der Waals surface area contributed by atoms with E-state index in [2.05, 4.69) is 70.1 Å². The van der Waals surface area contributed by atoms with E-state index in [0.717, 1.165) is 42.0 Å². The summed E-state index contributed by atoms with van der Waals surface area (Å²) in [6.45, 7) is 6.70. The van der Waals surface area contributed by atoms with Crippen molar-refractivity contribution in [2.75, 3.05) is 16.8 Å². The number of aryl methyl sites for hydroxylation is 2. The highest BCUT2D eigenvalue weighted by atomic mass is 16.1. The Balaban J connectivity index is 1.53. The Morgan fingerprint density at radius 2 is 1.97 bits per heavy atom. The molecule has 3 aromatic rings. The second kappa shape index (κ2) is 8.61. The number of hydrogen-bond acceptors (Lipinski definition) is 5. The van der Waals surface area contributed by atoms with E-state index in [1.165, 1.54) is 31.2 Å². The molecule has 2 aromatic carbocycles. The maximum absolute atomic E-state index is 12.6. The Morgan fingerprint density at radius 1 is 1.19 bits per heavy atom. The molecule has 2 heterocycles. The summed E-state index contributed by atoms with van der Waals surface area (Å²) in [4.78, 5) is 26.8. The molecule has 164 valence electrons. The second-order valence-corrected chi connectivity index (χ2v) is 8.82. The van der Waals surface area contributed by atoms with Gasteiger partial charge in [0.15, 0.2) is 11.2 Å². The molecular formula is C26H29N5O. The van der Waals surface area contributed by atoms with Gasteiger partial charge in [-0.1, -0.05) is 49.8 Å². The summed E-state index contributed by atoms with van der Waals surface area (Å²) in [5.74, 6) is 0.593. The first-order valence-corrected chi connectivity index (χ1v) is 11.5. The average Bonchev–Trinajstić information content (AvgIpc) is 3.29. The van der Waals surface area contributed by atoms with Crippen LogP contribution < -0.4 is 26.6 Å². The van der Waals surface area contributed by atoms with Crippen molar-refractivity contribution in [1.82, 2.24) is 9.97 Å². The number of aromatic nitrogens is 2. The molecule has 0 atom stereocenters. The first-order valence-electron chi connectivity index (χ1n) is 11.5. The summed E-state index contributed by atoms with van der Waals surface area (Å²) in [6, 6.07) is 15.3. The van der Waals surface area contributed by atoms with Crippen LogP contribution in [-0.2, 0) is 6.42 Å². The molecule has 1 aliphatic carbocycles. The minimum Gasteiger partial charge on any atom is -0.382 e. The molecule has 1 aliphatic heterocycles. The van der Waals surface area contributed by atoms with Gasteiger partial charge in [-0.15, -0.1) is 0 Å². The highest BCUT2D eigenvalue weighted by Crippen LogP contribution is 2.39. The van der Waals surface area contributed by atoms with Crippen LogP contribution in [0.5, 0.6) is 0 Å². The maximum atomic E-state index is 12.6. The number of fused-ring (bicyclic) bond motifs is 2. The molecule has 1 fully saturated rings. The molecule has 0 unspecified atom stereocenters. The van der Waals surface area contributed by atoms with Gasteiger partial charge in [-0.05, 0) is 55.9 Å². The summed E-state index contributed by atoms with van der Waals surface area (Å²) < 4.78 is 0. The monoisotopic (exact) mass is 427 g/mol. The van der Waals surface area contributed by atoms with Crippen LogP contribution >= 0.6 is 0 Å². The van der Waals surface area contributed by atoms with E-state index in [4.69, 9.17) is 4.99 Å². The van der Waals surface area contributed by atoms with Gasteiger partial charge in [0.05, 0.1) is 11.4 Å². The van der Waals surface area contributed by atoms with E-state index in [-0.39, 0.29) is 5.56 Å². The first kappa shape index (κ1) is 20.5. The predicted molar refractivity (Wildman–Crippen MR) is 130 cm³/mol. The number of anilines is 3. The zero-order chi connectivity index (χ0) is 22.1. The van der Waals surface area contributed by atoms with Gasteiger partial charge in [0.25, 0.3) is 5.56 Å². The van der Waals surface area contributed by atoms with Gasteiger partial charge < -0.3 is 15.2 Å². The van der Waals surface area contributed by atoms with Gasteiger partial charge in [-0.2, -0.15) is 0 Å². The summed E-state index contributed by atoms with van der Waals surface area (Å²) in [6.07, 6.45) is 6.89. The number of benzene rings is 2. The Bertz CT molecular complexity index is 1290. The number of H-pyrrole nitrogens is 1.